The van der Waals surface area contributed by atoms with Crippen LogP contribution in [0.2, 0.25) is 0 Å². The average Bonchev–Trinajstić information content (AvgIpc) is 2.85. The fourth-order valence-corrected chi connectivity index (χ4v) is 1.62. The molecular weight excluding hydrogens is 174 g/mol. The number of aromatic nitrogens is 1. The van der Waals surface area contributed by atoms with Gasteiger partial charge in [-0.2, -0.15) is 0 Å². The van der Waals surface area contributed by atoms with Crippen LogP contribution in [0.4, 0.5) is 8.78 Å². The third-order valence-corrected chi connectivity index (χ3v) is 2.56. The molecule has 1 saturated carbocycles. The number of halogens is 2. The van der Waals surface area contributed by atoms with Crippen molar-refractivity contribution in [2.75, 3.05) is 7.05 Å². The van der Waals surface area contributed by atoms with Crippen molar-refractivity contribution in [1.29, 1.82) is 0 Å². The first-order chi connectivity index (χ1) is 6.19. The van der Waals surface area contributed by atoms with Crippen LogP contribution in [-0.4, -0.2) is 12.0 Å². The van der Waals surface area contributed by atoms with Gasteiger partial charge in [-0.3, -0.25) is 4.98 Å². The van der Waals surface area contributed by atoms with Crippen molar-refractivity contribution < 1.29 is 8.78 Å². The normalized spacial score (nSPS) is 18.7. The number of nitrogens with zero attached hydrogens (tertiary/aromatic N) is 1. The van der Waals surface area contributed by atoms with Gasteiger partial charge in [0.2, 0.25) is 0 Å². The molecule has 2 rings (SSSR count). The maximum Gasteiger partial charge on any atom is 0.149 e. The van der Waals surface area contributed by atoms with Gasteiger partial charge in [0.15, 0.2) is 0 Å². The summed E-state index contributed by atoms with van der Waals surface area (Å²) in [5.74, 6) is -1.13. The summed E-state index contributed by atoms with van der Waals surface area (Å²) >= 11 is 0. The van der Waals surface area contributed by atoms with Crippen molar-refractivity contribution in [3.05, 3.63) is 29.6 Å². The van der Waals surface area contributed by atoms with E-state index >= 15 is 0 Å². The molecule has 0 unspecified atom stereocenters. The lowest BCUT2D eigenvalue weighted by atomic mass is 10.1. The number of pyridine rings is 1. The Kier molecular flexibility index (Phi) is 1.80. The topological polar surface area (TPSA) is 24.9 Å². The van der Waals surface area contributed by atoms with E-state index in [1.165, 1.54) is 0 Å². The van der Waals surface area contributed by atoms with Gasteiger partial charge < -0.3 is 5.32 Å². The van der Waals surface area contributed by atoms with Gasteiger partial charge in [-0.05, 0) is 19.9 Å². The van der Waals surface area contributed by atoms with E-state index in [0.29, 0.717) is 0 Å². The van der Waals surface area contributed by atoms with E-state index in [9.17, 15) is 8.78 Å². The first-order valence-corrected chi connectivity index (χ1v) is 4.18. The zero-order valence-corrected chi connectivity index (χ0v) is 7.27. The van der Waals surface area contributed by atoms with Gasteiger partial charge in [-0.1, -0.05) is 0 Å². The Hall–Kier alpha value is -1.03. The Balaban J connectivity index is 2.50. The van der Waals surface area contributed by atoms with Crippen LogP contribution in [0.3, 0.4) is 0 Å². The molecule has 1 heterocycles. The minimum atomic E-state index is -0.563. The largest absolute Gasteiger partial charge is 0.310 e. The molecule has 0 saturated heterocycles. The fraction of sp³-hybridized carbons (Fsp3) is 0.444. The SMILES string of the molecule is CNC1(c2c(F)cncc2F)CC1. The molecule has 1 N–H and O–H groups in total. The first-order valence-electron chi connectivity index (χ1n) is 4.18. The Labute approximate surface area is 75.0 Å². The number of hydrogen-bond donors (Lipinski definition) is 1. The summed E-state index contributed by atoms with van der Waals surface area (Å²) in [6.07, 6.45) is 3.66. The van der Waals surface area contributed by atoms with Crippen molar-refractivity contribution >= 4 is 0 Å². The van der Waals surface area contributed by atoms with Crippen molar-refractivity contribution in [1.82, 2.24) is 10.3 Å². The molecule has 1 aromatic heterocycles. The van der Waals surface area contributed by atoms with E-state index in [2.05, 4.69) is 10.3 Å². The lowest BCUT2D eigenvalue weighted by molar-refractivity contribution is 0.475. The number of nitrogens with one attached hydrogen (secondary N) is 1. The average molecular weight is 184 g/mol. The van der Waals surface area contributed by atoms with Gasteiger partial charge in [0.05, 0.1) is 12.4 Å². The Morgan fingerprint density at radius 1 is 1.31 bits per heavy atom. The summed E-state index contributed by atoms with van der Waals surface area (Å²) in [6.45, 7) is 0. The smallest absolute Gasteiger partial charge is 0.149 e. The third-order valence-electron chi connectivity index (χ3n) is 2.56. The van der Waals surface area contributed by atoms with Crippen LogP contribution in [-0.2, 0) is 5.54 Å². The van der Waals surface area contributed by atoms with E-state index in [1.54, 1.807) is 7.05 Å². The highest BCUT2D eigenvalue weighted by molar-refractivity contribution is 5.30. The van der Waals surface area contributed by atoms with Gasteiger partial charge in [-0.25, -0.2) is 8.78 Å². The van der Waals surface area contributed by atoms with E-state index in [1.807, 2.05) is 0 Å². The quantitative estimate of drug-likeness (QED) is 0.754. The zero-order chi connectivity index (χ0) is 9.47. The number of hydrogen-bond acceptors (Lipinski definition) is 2. The van der Waals surface area contributed by atoms with Crippen molar-refractivity contribution in [3.8, 4) is 0 Å². The molecule has 0 aliphatic heterocycles. The predicted molar refractivity (Wildman–Crippen MR) is 44.1 cm³/mol. The summed E-state index contributed by atoms with van der Waals surface area (Å²) in [5, 5.41) is 2.94. The van der Waals surface area contributed by atoms with Gasteiger partial charge in [-0.15, -0.1) is 0 Å². The minimum Gasteiger partial charge on any atom is -0.310 e. The molecule has 0 spiro atoms. The van der Waals surface area contributed by atoms with Gasteiger partial charge >= 0.3 is 0 Å². The molecule has 2 nitrogen and oxygen atoms in total. The van der Waals surface area contributed by atoms with Crippen molar-refractivity contribution in [2.45, 2.75) is 18.4 Å². The predicted octanol–water partition coefficient (Wildman–Crippen LogP) is 1.57. The Bertz CT molecular complexity index is 314. The lowest BCUT2D eigenvalue weighted by Crippen LogP contribution is -2.27. The molecule has 1 aromatic rings. The fourth-order valence-electron chi connectivity index (χ4n) is 1.62. The molecule has 0 aromatic carbocycles. The van der Waals surface area contributed by atoms with Crippen LogP contribution in [0.5, 0.6) is 0 Å². The molecule has 70 valence electrons. The number of rotatable bonds is 2. The summed E-state index contributed by atoms with van der Waals surface area (Å²) in [4.78, 5) is 3.44. The van der Waals surface area contributed by atoms with Gasteiger partial charge in [0, 0.05) is 11.1 Å². The van der Waals surface area contributed by atoms with Crippen molar-refractivity contribution in [2.24, 2.45) is 0 Å². The highest BCUT2D eigenvalue weighted by atomic mass is 19.1. The summed E-state index contributed by atoms with van der Waals surface area (Å²) in [6, 6.07) is 0. The maximum atomic E-state index is 13.2. The van der Waals surface area contributed by atoms with Gasteiger partial charge in [0.1, 0.15) is 11.6 Å². The van der Waals surface area contributed by atoms with Crippen molar-refractivity contribution in [3.63, 3.8) is 0 Å². The molecule has 0 bridgehead atoms. The molecule has 1 fully saturated rings. The minimum absolute atomic E-state index is 0.130. The van der Waals surface area contributed by atoms with E-state index < -0.39 is 17.2 Å². The molecule has 0 atom stereocenters. The second-order valence-electron chi connectivity index (χ2n) is 3.31. The molecule has 1 aliphatic rings. The highest BCUT2D eigenvalue weighted by Gasteiger charge is 2.46. The highest BCUT2D eigenvalue weighted by Crippen LogP contribution is 2.46. The monoisotopic (exact) mass is 184 g/mol. The molecule has 1 aliphatic carbocycles. The van der Waals surface area contributed by atoms with Crippen LogP contribution < -0.4 is 5.32 Å². The van der Waals surface area contributed by atoms with Crippen LogP contribution >= 0.6 is 0 Å². The Morgan fingerprint density at radius 3 is 2.23 bits per heavy atom. The van der Waals surface area contributed by atoms with Crippen LogP contribution in [0.25, 0.3) is 0 Å². The maximum absolute atomic E-state index is 13.2. The molecule has 13 heavy (non-hydrogen) atoms. The van der Waals surface area contributed by atoms with Crippen LogP contribution in [0.15, 0.2) is 12.4 Å². The molecular formula is C9H10F2N2. The van der Waals surface area contributed by atoms with E-state index in [0.717, 1.165) is 25.2 Å². The molecule has 4 heteroatoms. The second-order valence-corrected chi connectivity index (χ2v) is 3.31. The van der Waals surface area contributed by atoms with Gasteiger partial charge in [0.25, 0.3) is 0 Å². The van der Waals surface area contributed by atoms with E-state index in [-0.39, 0.29) is 5.56 Å². The first kappa shape index (κ1) is 8.56. The summed E-state index contributed by atoms with van der Waals surface area (Å²) < 4.78 is 26.5. The Morgan fingerprint density at radius 2 is 1.85 bits per heavy atom. The molecule has 0 radical (unpaired) electrons. The third kappa shape index (κ3) is 1.21. The summed E-state index contributed by atoms with van der Waals surface area (Å²) in [7, 11) is 1.71. The standard InChI is InChI=1S/C9H10F2N2/c1-12-9(2-3-9)8-6(10)4-13-5-7(8)11/h4-5,12H,2-3H2,1H3. The van der Waals surface area contributed by atoms with E-state index in [4.69, 9.17) is 0 Å². The lowest BCUT2D eigenvalue weighted by Gasteiger charge is -2.15. The second kappa shape index (κ2) is 2.73. The van der Waals surface area contributed by atoms with Crippen LogP contribution in [0.1, 0.15) is 18.4 Å². The zero-order valence-electron chi connectivity index (χ0n) is 7.27. The summed E-state index contributed by atoms with van der Waals surface area (Å²) in [5.41, 5.74) is -0.345. The molecule has 0 amide bonds. The van der Waals surface area contributed by atoms with Crippen LogP contribution in [0, 0.1) is 11.6 Å².